The molecule has 0 aromatic heterocycles. The molecule has 3 aliphatic rings. The summed E-state index contributed by atoms with van der Waals surface area (Å²) in [4.78, 5) is 24.2. The Labute approximate surface area is 239 Å². The van der Waals surface area contributed by atoms with Crippen LogP contribution < -0.4 is 10.6 Å². The third kappa shape index (κ3) is 4.67. The smallest absolute Gasteiger partial charge is 0.352 e. The van der Waals surface area contributed by atoms with Crippen molar-refractivity contribution in [2.45, 2.75) is 85.7 Å². The number of halogens is 6. The van der Waals surface area contributed by atoms with E-state index in [0.29, 0.717) is 13.3 Å². The predicted octanol–water partition coefficient (Wildman–Crippen LogP) is 4.95. The molecule has 2 N–H and O–H groups in total. The Kier molecular flexibility index (Phi) is 7.43. The van der Waals surface area contributed by atoms with Gasteiger partial charge in [0.15, 0.2) is 16.0 Å². The summed E-state index contributed by atoms with van der Waals surface area (Å²) in [6, 6.07) is 5.90. The molecule has 2 aliphatic carbocycles. The fourth-order valence-corrected chi connectivity index (χ4v) is 9.50. The summed E-state index contributed by atoms with van der Waals surface area (Å²) >= 11 is 0. The average molecular weight is 617 g/mol. The van der Waals surface area contributed by atoms with Gasteiger partial charge in [0.2, 0.25) is 11.6 Å². The van der Waals surface area contributed by atoms with Crippen molar-refractivity contribution in [2.24, 2.45) is 11.8 Å². The molecule has 1 aliphatic heterocycles. The summed E-state index contributed by atoms with van der Waals surface area (Å²) in [6.07, 6.45) is -6.59. The van der Waals surface area contributed by atoms with Crippen LogP contribution in [0.3, 0.4) is 0 Å². The first kappa shape index (κ1) is 30.4. The topological polar surface area (TPSA) is 92.3 Å². The normalized spacial score (nSPS) is 29.7. The second-order valence-corrected chi connectivity index (χ2v) is 13.8. The number of hydrogen-bond acceptors (Lipinski definition) is 4. The van der Waals surface area contributed by atoms with Crippen LogP contribution in [0.4, 0.5) is 26.3 Å². The Morgan fingerprint density at radius 1 is 1.10 bits per heavy atom. The second-order valence-electron chi connectivity index (χ2n) is 11.6. The lowest BCUT2D eigenvalue weighted by molar-refractivity contribution is -0.228. The maximum absolute atomic E-state index is 14.9. The zero-order chi connectivity index (χ0) is 30.8. The van der Waals surface area contributed by atoms with Crippen LogP contribution >= 0.6 is 0 Å². The summed E-state index contributed by atoms with van der Waals surface area (Å²) < 4.78 is 110. The standard InChI is InChI=1S/C29H30F6N2O4S/c1-15(36-26(39)24-14-23(31)25(38)37-24)20-11-12-28(42(40,41)19-7-5-18(30)6-8-19)21-10-4-17(27(2,32)29(33,34)35)13-16(21)3-9-22(20)28/h4-8,10,13,15,20,22-24H,3,9,11-12,14H2,1-2H3,(H,36,39)(H,37,38)/t15?,20-,22-,23+,24-,27?,28+/m0/s1. The summed E-state index contributed by atoms with van der Waals surface area (Å²) in [5.74, 6) is -3.18. The fourth-order valence-electron chi connectivity index (χ4n) is 7.02. The molecular formula is C29H30F6N2O4S. The van der Waals surface area contributed by atoms with E-state index >= 15 is 0 Å². The molecule has 2 unspecified atom stereocenters. The van der Waals surface area contributed by atoms with Crippen LogP contribution in [0, 0.1) is 17.7 Å². The minimum Gasteiger partial charge on any atom is -0.352 e. The number of alkyl halides is 5. The van der Waals surface area contributed by atoms with Crippen molar-refractivity contribution in [2.75, 3.05) is 0 Å². The molecule has 7 atom stereocenters. The van der Waals surface area contributed by atoms with E-state index in [1.165, 1.54) is 6.07 Å². The van der Waals surface area contributed by atoms with E-state index in [2.05, 4.69) is 10.6 Å². The van der Waals surface area contributed by atoms with Crippen molar-refractivity contribution in [1.29, 1.82) is 0 Å². The van der Waals surface area contributed by atoms with Crippen LogP contribution in [0.1, 0.15) is 56.2 Å². The van der Waals surface area contributed by atoms with Gasteiger partial charge in [0.25, 0.3) is 5.91 Å². The van der Waals surface area contributed by atoms with E-state index in [1.54, 1.807) is 6.92 Å². The number of aryl methyl sites for hydroxylation is 1. The van der Waals surface area contributed by atoms with Crippen LogP contribution in [0.5, 0.6) is 0 Å². The van der Waals surface area contributed by atoms with Gasteiger partial charge in [-0.15, -0.1) is 0 Å². The first-order valence-corrected chi connectivity index (χ1v) is 15.1. The lowest BCUT2D eigenvalue weighted by Crippen LogP contribution is -2.51. The van der Waals surface area contributed by atoms with Gasteiger partial charge in [-0.2, -0.15) is 13.2 Å². The van der Waals surface area contributed by atoms with Crippen LogP contribution in [-0.4, -0.2) is 44.7 Å². The van der Waals surface area contributed by atoms with Crippen LogP contribution in [0.15, 0.2) is 47.4 Å². The number of benzene rings is 2. The molecule has 13 heteroatoms. The second kappa shape index (κ2) is 10.3. The number of amides is 2. The number of hydrogen-bond donors (Lipinski definition) is 2. The van der Waals surface area contributed by atoms with Crippen molar-refractivity contribution in [3.8, 4) is 0 Å². The van der Waals surface area contributed by atoms with Crippen LogP contribution in [0.25, 0.3) is 0 Å². The molecule has 1 saturated heterocycles. The van der Waals surface area contributed by atoms with Gasteiger partial charge in [-0.1, -0.05) is 18.2 Å². The largest absolute Gasteiger partial charge is 0.426 e. The molecule has 2 fully saturated rings. The Balaban J connectivity index is 1.56. The number of fused-ring (bicyclic) bond motifs is 3. The Morgan fingerprint density at radius 2 is 1.76 bits per heavy atom. The van der Waals surface area contributed by atoms with Crippen molar-refractivity contribution in [3.63, 3.8) is 0 Å². The average Bonchev–Trinajstić information content (AvgIpc) is 3.49. The Morgan fingerprint density at radius 3 is 2.36 bits per heavy atom. The maximum atomic E-state index is 14.9. The lowest BCUT2D eigenvalue weighted by atomic mass is 9.71. The summed E-state index contributed by atoms with van der Waals surface area (Å²) in [7, 11) is -4.29. The molecule has 0 bridgehead atoms. The van der Waals surface area contributed by atoms with Crippen molar-refractivity contribution in [3.05, 3.63) is 65.0 Å². The summed E-state index contributed by atoms with van der Waals surface area (Å²) in [5, 5.41) is 5.08. The number of nitrogens with one attached hydrogen (secondary N) is 2. The summed E-state index contributed by atoms with van der Waals surface area (Å²) in [5.41, 5.74) is -3.76. The molecule has 0 spiro atoms. The first-order chi connectivity index (χ1) is 19.5. The maximum Gasteiger partial charge on any atom is 0.426 e. The van der Waals surface area contributed by atoms with Gasteiger partial charge in [0, 0.05) is 12.5 Å². The highest BCUT2D eigenvalue weighted by Gasteiger charge is 2.61. The summed E-state index contributed by atoms with van der Waals surface area (Å²) in [6.45, 7) is 2.10. The Hall–Kier alpha value is -3.09. The van der Waals surface area contributed by atoms with Crippen LogP contribution in [-0.2, 0) is 36.3 Å². The van der Waals surface area contributed by atoms with Gasteiger partial charge in [0.05, 0.1) is 4.90 Å². The van der Waals surface area contributed by atoms with Gasteiger partial charge in [-0.05, 0) is 92.3 Å². The van der Waals surface area contributed by atoms with Crippen molar-refractivity contribution < 1.29 is 44.3 Å². The number of rotatable bonds is 6. The van der Waals surface area contributed by atoms with Crippen LogP contribution in [0.2, 0.25) is 0 Å². The predicted molar refractivity (Wildman–Crippen MR) is 140 cm³/mol. The van der Waals surface area contributed by atoms with E-state index < -0.39 is 79.7 Å². The highest BCUT2D eigenvalue weighted by atomic mass is 32.2. The highest BCUT2D eigenvalue weighted by Crippen LogP contribution is 2.60. The van der Waals surface area contributed by atoms with Crippen molar-refractivity contribution >= 4 is 21.7 Å². The van der Waals surface area contributed by atoms with Gasteiger partial charge in [-0.25, -0.2) is 21.6 Å². The number of carbonyl (C=O) groups excluding carboxylic acids is 2. The van der Waals surface area contributed by atoms with E-state index in [0.717, 1.165) is 36.4 Å². The highest BCUT2D eigenvalue weighted by molar-refractivity contribution is 7.92. The van der Waals surface area contributed by atoms with E-state index in [9.17, 15) is 44.3 Å². The molecule has 1 saturated carbocycles. The molecule has 5 rings (SSSR count). The minimum atomic E-state index is -5.19. The van der Waals surface area contributed by atoms with E-state index in [-0.39, 0.29) is 41.7 Å². The van der Waals surface area contributed by atoms with Gasteiger partial charge < -0.3 is 10.6 Å². The number of carbonyl (C=O) groups is 2. The molecule has 1 heterocycles. The lowest BCUT2D eigenvalue weighted by Gasteiger charge is -2.43. The van der Waals surface area contributed by atoms with Gasteiger partial charge in [0.1, 0.15) is 16.6 Å². The minimum absolute atomic E-state index is 0.0491. The fraction of sp³-hybridized carbons (Fsp3) is 0.517. The molecule has 228 valence electrons. The zero-order valence-corrected chi connectivity index (χ0v) is 23.6. The Bertz CT molecular complexity index is 1510. The van der Waals surface area contributed by atoms with Crippen molar-refractivity contribution in [1.82, 2.24) is 10.6 Å². The third-order valence-corrected chi connectivity index (χ3v) is 11.9. The first-order valence-electron chi connectivity index (χ1n) is 13.6. The molecule has 2 amide bonds. The molecule has 2 aromatic rings. The SMILES string of the molecule is CC(NC(=O)[C@@H]1C[C@@H](F)C(=O)N1)[C@@H]1CC[C@@]2(S(=O)(=O)c3ccc(F)cc3)c3ccc(C(C)(F)C(F)(F)F)cc3CC[C@@H]12. The molecule has 42 heavy (non-hydrogen) atoms. The quantitative estimate of drug-likeness (QED) is 0.355. The molecular weight excluding hydrogens is 586 g/mol. The van der Waals surface area contributed by atoms with Gasteiger partial charge in [-0.3, -0.25) is 9.59 Å². The molecule has 2 aromatic carbocycles. The van der Waals surface area contributed by atoms with E-state index in [1.807, 2.05) is 0 Å². The third-order valence-electron chi connectivity index (χ3n) is 9.30. The molecule has 6 nitrogen and oxygen atoms in total. The number of sulfone groups is 1. The van der Waals surface area contributed by atoms with E-state index in [4.69, 9.17) is 0 Å². The molecule has 0 radical (unpaired) electrons. The van der Waals surface area contributed by atoms with Gasteiger partial charge >= 0.3 is 6.18 Å². The monoisotopic (exact) mass is 616 g/mol. The zero-order valence-electron chi connectivity index (χ0n) is 22.8.